The number of nitrogens with one attached hydrogen (secondary N) is 1. The van der Waals surface area contributed by atoms with Crippen molar-refractivity contribution in [3.8, 4) is 0 Å². The van der Waals surface area contributed by atoms with E-state index in [4.69, 9.17) is 9.84 Å². The van der Waals surface area contributed by atoms with Crippen molar-refractivity contribution < 1.29 is 19.4 Å². The molecule has 20 heavy (non-hydrogen) atoms. The Bertz CT molecular complexity index is 370. The normalized spacial score (nSPS) is 25.9. The number of methoxy groups -OCH3 is 1. The molecule has 1 aliphatic heterocycles. The van der Waals surface area contributed by atoms with E-state index in [2.05, 4.69) is 5.32 Å². The molecule has 1 saturated heterocycles. The van der Waals surface area contributed by atoms with Gasteiger partial charge in [0.2, 0.25) is 0 Å². The first-order valence-electron chi connectivity index (χ1n) is 7.34. The SMILES string of the molecule is COC(C1CC1)C(C)NC(=O)N1CCCC(C(=O)O)C1. The number of piperidine rings is 1. The van der Waals surface area contributed by atoms with Crippen molar-refractivity contribution in [2.24, 2.45) is 11.8 Å². The molecule has 0 bridgehead atoms. The number of urea groups is 1. The zero-order valence-corrected chi connectivity index (χ0v) is 12.2. The average Bonchev–Trinajstić information content (AvgIpc) is 3.24. The average molecular weight is 284 g/mol. The lowest BCUT2D eigenvalue weighted by atomic mass is 9.98. The molecular formula is C14H24N2O4. The van der Waals surface area contributed by atoms with Gasteiger partial charge in [-0.2, -0.15) is 0 Å². The first-order valence-corrected chi connectivity index (χ1v) is 7.34. The number of amides is 2. The van der Waals surface area contributed by atoms with Gasteiger partial charge in [-0.05, 0) is 38.5 Å². The highest BCUT2D eigenvalue weighted by Crippen LogP contribution is 2.35. The highest BCUT2D eigenvalue weighted by atomic mass is 16.5. The molecule has 1 aliphatic carbocycles. The summed E-state index contributed by atoms with van der Waals surface area (Å²) in [6.07, 6.45) is 3.76. The van der Waals surface area contributed by atoms with Crippen LogP contribution in [0.1, 0.15) is 32.6 Å². The Hall–Kier alpha value is -1.30. The number of aliphatic carboxylic acids is 1. The van der Waals surface area contributed by atoms with Crippen molar-refractivity contribution in [1.29, 1.82) is 0 Å². The Balaban J connectivity index is 1.85. The number of carbonyl (C=O) groups excluding carboxylic acids is 1. The summed E-state index contributed by atoms with van der Waals surface area (Å²) in [5, 5.41) is 12.0. The number of carboxylic acid groups (broad SMARTS) is 1. The quantitative estimate of drug-likeness (QED) is 0.797. The summed E-state index contributed by atoms with van der Waals surface area (Å²) >= 11 is 0. The van der Waals surface area contributed by atoms with E-state index >= 15 is 0 Å². The maximum absolute atomic E-state index is 12.2. The molecule has 0 radical (unpaired) electrons. The zero-order chi connectivity index (χ0) is 14.7. The monoisotopic (exact) mass is 284 g/mol. The lowest BCUT2D eigenvalue weighted by molar-refractivity contribution is -0.143. The van der Waals surface area contributed by atoms with Gasteiger partial charge in [0.25, 0.3) is 0 Å². The topological polar surface area (TPSA) is 78.9 Å². The van der Waals surface area contributed by atoms with E-state index in [-0.39, 0.29) is 18.2 Å². The predicted molar refractivity (Wildman–Crippen MR) is 73.4 cm³/mol. The second-order valence-corrected chi connectivity index (χ2v) is 5.90. The summed E-state index contributed by atoms with van der Waals surface area (Å²) in [5.41, 5.74) is 0. The van der Waals surface area contributed by atoms with Crippen LogP contribution in [0.3, 0.4) is 0 Å². The molecule has 1 saturated carbocycles. The Kier molecular flexibility index (Phi) is 4.86. The Morgan fingerprint density at radius 3 is 2.60 bits per heavy atom. The van der Waals surface area contributed by atoms with Crippen LogP contribution in [0.25, 0.3) is 0 Å². The van der Waals surface area contributed by atoms with Gasteiger partial charge in [-0.25, -0.2) is 4.79 Å². The van der Waals surface area contributed by atoms with Crippen molar-refractivity contribution in [3.63, 3.8) is 0 Å². The number of nitrogens with zero attached hydrogens (tertiary/aromatic N) is 1. The van der Waals surface area contributed by atoms with Gasteiger partial charge in [0.1, 0.15) is 0 Å². The summed E-state index contributed by atoms with van der Waals surface area (Å²) in [6.45, 7) is 2.88. The first-order chi connectivity index (χ1) is 9.52. The number of ether oxygens (including phenoxy) is 1. The maximum atomic E-state index is 12.2. The molecule has 2 fully saturated rings. The molecule has 1 heterocycles. The highest BCUT2D eigenvalue weighted by molar-refractivity contribution is 5.76. The van der Waals surface area contributed by atoms with Gasteiger partial charge in [0.05, 0.1) is 18.1 Å². The Morgan fingerprint density at radius 1 is 1.35 bits per heavy atom. The van der Waals surface area contributed by atoms with Crippen molar-refractivity contribution in [2.45, 2.75) is 44.8 Å². The third kappa shape index (κ3) is 3.62. The molecule has 6 heteroatoms. The number of hydrogen-bond acceptors (Lipinski definition) is 3. The second kappa shape index (κ2) is 6.43. The van der Waals surface area contributed by atoms with Gasteiger partial charge in [0, 0.05) is 20.2 Å². The van der Waals surface area contributed by atoms with Gasteiger partial charge in [-0.15, -0.1) is 0 Å². The number of hydrogen-bond donors (Lipinski definition) is 2. The summed E-state index contributed by atoms with van der Waals surface area (Å²) in [6, 6.07) is -0.226. The van der Waals surface area contributed by atoms with E-state index in [9.17, 15) is 9.59 Å². The number of likely N-dealkylation sites (tertiary alicyclic amines) is 1. The molecule has 0 aromatic heterocycles. The van der Waals surface area contributed by atoms with Crippen molar-refractivity contribution in [3.05, 3.63) is 0 Å². The van der Waals surface area contributed by atoms with Gasteiger partial charge in [-0.1, -0.05) is 0 Å². The van der Waals surface area contributed by atoms with Crippen LogP contribution >= 0.6 is 0 Å². The molecule has 3 unspecified atom stereocenters. The number of carbonyl (C=O) groups is 2. The highest BCUT2D eigenvalue weighted by Gasteiger charge is 2.36. The standard InChI is InChI=1S/C14H24N2O4/c1-9(12(20-2)10-5-6-10)15-14(19)16-7-3-4-11(8-16)13(17)18/h9-12H,3-8H2,1-2H3,(H,15,19)(H,17,18). The third-order valence-corrected chi connectivity index (χ3v) is 4.26. The molecular weight excluding hydrogens is 260 g/mol. The fourth-order valence-electron chi connectivity index (χ4n) is 2.96. The maximum Gasteiger partial charge on any atom is 0.317 e. The fraction of sp³-hybridized carbons (Fsp3) is 0.857. The lowest BCUT2D eigenvalue weighted by Crippen LogP contribution is -2.52. The largest absolute Gasteiger partial charge is 0.481 e. The van der Waals surface area contributed by atoms with Crippen molar-refractivity contribution in [1.82, 2.24) is 10.2 Å². The van der Waals surface area contributed by atoms with Gasteiger partial charge < -0.3 is 20.1 Å². The number of rotatable bonds is 5. The summed E-state index contributed by atoms with van der Waals surface area (Å²) < 4.78 is 5.46. The molecule has 2 amide bonds. The van der Waals surface area contributed by atoms with Crippen LogP contribution in [0, 0.1) is 11.8 Å². The smallest absolute Gasteiger partial charge is 0.317 e. The summed E-state index contributed by atoms with van der Waals surface area (Å²) in [7, 11) is 1.67. The van der Waals surface area contributed by atoms with E-state index < -0.39 is 11.9 Å². The first kappa shape index (κ1) is 15.1. The summed E-state index contributed by atoms with van der Waals surface area (Å²) in [4.78, 5) is 24.8. The van der Waals surface area contributed by atoms with Crippen LogP contribution in [-0.4, -0.2) is 54.4 Å². The van der Waals surface area contributed by atoms with Gasteiger partial charge >= 0.3 is 12.0 Å². The van der Waals surface area contributed by atoms with Crippen LogP contribution in [0.4, 0.5) is 4.79 Å². The van der Waals surface area contributed by atoms with E-state index in [1.807, 2.05) is 6.92 Å². The molecule has 114 valence electrons. The Labute approximate surface area is 119 Å². The lowest BCUT2D eigenvalue weighted by Gasteiger charge is -2.33. The van der Waals surface area contributed by atoms with Crippen LogP contribution in [0.15, 0.2) is 0 Å². The molecule has 2 aliphatic rings. The molecule has 0 spiro atoms. The molecule has 0 aromatic carbocycles. The minimum Gasteiger partial charge on any atom is -0.481 e. The number of carboxylic acids is 1. The molecule has 0 aromatic rings. The van der Waals surface area contributed by atoms with Crippen LogP contribution in [0.2, 0.25) is 0 Å². The minimum absolute atomic E-state index is 0.0507. The molecule has 3 atom stereocenters. The van der Waals surface area contributed by atoms with Crippen LogP contribution in [-0.2, 0) is 9.53 Å². The minimum atomic E-state index is -0.816. The van der Waals surface area contributed by atoms with Crippen LogP contribution < -0.4 is 5.32 Å². The Morgan fingerprint density at radius 2 is 2.05 bits per heavy atom. The summed E-state index contributed by atoms with van der Waals surface area (Å²) in [5.74, 6) is -0.710. The van der Waals surface area contributed by atoms with Crippen LogP contribution in [0.5, 0.6) is 0 Å². The molecule has 2 rings (SSSR count). The van der Waals surface area contributed by atoms with Crippen molar-refractivity contribution >= 4 is 12.0 Å². The van der Waals surface area contributed by atoms with E-state index in [1.165, 1.54) is 0 Å². The third-order valence-electron chi connectivity index (χ3n) is 4.26. The van der Waals surface area contributed by atoms with Crippen molar-refractivity contribution in [2.75, 3.05) is 20.2 Å². The zero-order valence-electron chi connectivity index (χ0n) is 12.2. The fourth-order valence-corrected chi connectivity index (χ4v) is 2.96. The molecule has 6 nitrogen and oxygen atoms in total. The van der Waals surface area contributed by atoms with Gasteiger partial charge in [-0.3, -0.25) is 4.79 Å². The van der Waals surface area contributed by atoms with E-state index in [0.717, 1.165) is 19.3 Å². The molecule has 2 N–H and O–H groups in total. The second-order valence-electron chi connectivity index (χ2n) is 5.90. The van der Waals surface area contributed by atoms with E-state index in [0.29, 0.717) is 25.4 Å². The predicted octanol–water partition coefficient (Wildman–Crippen LogP) is 1.31. The van der Waals surface area contributed by atoms with E-state index in [1.54, 1.807) is 12.0 Å². The van der Waals surface area contributed by atoms with Gasteiger partial charge in [0.15, 0.2) is 0 Å².